The van der Waals surface area contributed by atoms with Crippen molar-refractivity contribution in [1.29, 1.82) is 0 Å². The maximum absolute atomic E-state index is 11.1. The number of hydrogen-bond donors (Lipinski definition) is 3. The van der Waals surface area contributed by atoms with Crippen LogP contribution in [0.25, 0.3) is 11.0 Å². The molecule has 5 rings (SSSR count). The van der Waals surface area contributed by atoms with Crippen molar-refractivity contribution in [1.82, 2.24) is 9.97 Å². The number of aromatic hydroxyl groups is 2. The number of rotatable bonds is 1. The van der Waals surface area contributed by atoms with Crippen molar-refractivity contribution in [2.75, 3.05) is 3.88 Å². The molecule has 0 spiro atoms. The maximum atomic E-state index is 11.1. The first-order valence-electron chi connectivity index (χ1n) is 8.64. The van der Waals surface area contributed by atoms with Crippen molar-refractivity contribution in [2.24, 2.45) is 0 Å². The summed E-state index contributed by atoms with van der Waals surface area (Å²) in [6, 6.07) is 17.8. The van der Waals surface area contributed by atoms with Crippen molar-refractivity contribution >= 4 is 33.2 Å². The van der Waals surface area contributed by atoms with E-state index in [4.69, 9.17) is 0 Å². The largest absolute Gasteiger partial charge is 0.508 e. The fourth-order valence-corrected chi connectivity index (χ4v) is 3.84. The van der Waals surface area contributed by atoms with E-state index in [0.29, 0.717) is 5.52 Å². The van der Waals surface area contributed by atoms with Gasteiger partial charge in [-0.15, -0.1) is 0 Å². The molecule has 7 heteroatoms. The van der Waals surface area contributed by atoms with Crippen molar-refractivity contribution in [3.05, 3.63) is 94.4 Å². The Labute approximate surface area is 169 Å². The van der Waals surface area contributed by atoms with Gasteiger partial charge in [0.15, 0.2) is 0 Å². The third-order valence-corrected chi connectivity index (χ3v) is 5.22. The zero-order chi connectivity index (χ0) is 19.7. The molecule has 1 aliphatic rings. The van der Waals surface area contributed by atoms with Gasteiger partial charge in [-0.1, -0.05) is 30.3 Å². The van der Waals surface area contributed by atoms with E-state index < -0.39 is 0 Å². The van der Waals surface area contributed by atoms with Gasteiger partial charge in [-0.2, -0.15) is 0 Å². The highest BCUT2D eigenvalue weighted by molar-refractivity contribution is 6.20. The Morgan fingerprint density at radius 3 is 2.50 bits per heavy atom. The number of phenols is 2. The molecule has 1 aliphatic heterocycles. The van der Waals surface area contributed by atoms with Crippen LogP contribution in [-0.4, -0.2) is 36.7 Å². The third-order valence-electron chi connectivity index (χ3n) is 4.64. The Bertz CT molecular complexity index is 1200. The molecule has 1 unspecified atom stereocenters. The van der Waals surface area contributed by atoms with E-state index >= 15 is 0 Å². The summed E-state index contributed by atoms with van der Waals surface area (Å²) in [6.45, 7) is 0. The number of nitrogens with zero attached hydrogens (tertiary/aromatic N) is 2. The molecule has 3 N–H and O–H groups in total. The lowest BCUT2D eigenvalue weighted by atomic mass is 10.0. The van der Waals surface area contributed by atoms with Crippen molar-refractivity contribution in [3.8, 4) is 11.5 Å². The molecule has 0 amide bonds. The Kier molecular flexibility index (Phi) is 4.78. The van der Waals surface area contributed by atoms with Crippen molar-refractivity contribution in [3.63, 3.8) is 0 Å². The number of hydrogen-bond acceptors (Lipinski definition) is 5. The number of aromatic amines is 1. The van der Waals surface area contributed by atoms with Crippen LogP contribution in [0, 0.1) is 0 Å². The second-order valence-electron chi connectivity index (χ2n) is 6.33. The number of pyridine rings is 2. The van der Waals surface area contributed by atoms with Gasteiger partial charge >= 0.3 is 16.5 Å². The van der Waals surface area contributed by atoms with Crippen LogP contribution in [0.3, 0.4) is 0 Å². The molecule has 6 nitrogen and oxygen atoms in total. The quantitative estimate of drug-likeness (QED) is 0.438. The maximum Gasteiger partial charge on any atom is 0.311 e. The van der Waals surface area contributed by atoms with Gasteiger partial charge in [0, 0.05) is 29.6 Å². The van der Waals surface area contributed by atoms with E-state index in [9.17, 15) is 15.0 Å². The first-order valence-corrected chi connectivity index (χ1v) is 9.15. The van der Waals surface area contributed by atoms with Crippen LogP contribution in [0.15, 0.2) is 77.9 Å². The molecule has 0 fully saturated rings. The highest BCUT2D eigenvalue weighted by atomic mass is 27.1. The second kappa shape index (κ2) is 7.39. The normalized spacial score (nSPS) is 14.6. The standard InChI is InChI=1S/C13H10NO2.C8H6N2O.Al/c15-11-7-2-1-4-8(11)12-9-5-3-6-10(14-12)13(9)16;11-7-3-5-9-6-2-1-4-10-8(6)7;/h1-7,12,15-16H;1-5H,(H,9,11);/q-1;;+1. The Balaban J connectivity index is 0.000000151. The SMILES string of the molecule is O=c1cc[nH]c2cccnc12.Oc1ccccc1C1c2cccc(c2O)[N]1[Al]. The molecule has 0 aliphatic carbocycles. The summed E-state index contributed by atoms with van der Waals surface area (Å²) in [6.07, 6.45) is 3.23. The van der Waals surface area contributed by atoms with E-state index in [1.807, 2.05) is 40.3 Å². The lowest BCUT2D eigenvalue weighted by Gasteiger charge is -2.25. The fraction of sp³-hybridized carbons (Fsp3) is 0.0476. The van der Waals surface area contributed by atoms with E-state index in [1.165, 1.54) is 6.07 Å². The number of H-pyrrole nitrogens is 1. The van der Waals surface area contributed by atoms with E-state index in [-0.39, 0.29) is 23.0 Å². The van der Waals surface area contributed by atoms with Crippen LogP contribution >= 0.6 is 0 Å². The van der Waals surface area contributed by atoms with E-state index in [0.717, 1.165) is 22.3 Å². The molecule has 136 valence electrons. The topological polar surface area (TPSA) is 89.5 Å². The minimum absolute atomic E-state index is 0.0423. The second-order valence-corrected chi connectivity index (χ2v) is 6.88. The van der Waals surface area contributed by atoms with Crippen LogP contribution in [-0.2, 0) is 0 Å². The van der Waals surface area contributed by atoms with Gasteiger partial charge in [0.1, 0.15) is 17.0 Å². The highest BCUT2D eigenvalue weighted by Gasteiger charge is 2.31. The fourth-order valence-electron chi connectivity index (χ4n) is 3.31. The molecule has 2 aromatic heterocycles. The molecule has 0 saturated heterocycles. The van der Waals surface area contributed by atoms with Crippen LogP contribution in [0.1, 0.15) is 17.2 Å². The van der Waals surface area contributed by atoms with Crippen LogP contribution in [0.2, 0.25) is 0 Å². The first-order chi connectivity index (χ1) is 13.6. The van der Waals surface area contributed by atoms with Gasteiger partial charge in [0.05, 0.1) is 17.2 Å². The summed E-state index contributed by atoms with van der Waals surface area (Å²) in [5.41, 5.74) is 3.60. The monoisotopic (exact) mass is 385 g/mol. The number of phenolic OH excluding ortho intramolecular Hbond substituents is 2. The van der Waals surface area contributed by atoms with Gasteiger partial charge in [-0.3, -0.25) is 9.78 Å². The Morgan fingerprint density at radius 2 is 1.75 bits per heavy atom. The third kappa shape index (κ3) is 3.11. The van der Waals surface area contributed by atoms with Gasteiger partial charge in [-0.05, 0) is 24.3 Å². The molecule has 2 aromatic carbocycles. The molecule has 1 atom stereocenters. The molecular weight excluding hydrogens is 369 g/mol. The van der Waals surface area contributed by atoms with Gasteiger partial charge in [0.25, 0.3) is 0 Å². The zero-order valence-corrected chi connectivity index (χ0v) is 15.9. The van der Waals surface area contributed by atoms with Gasteiger partial charge < -0.3 is 19.1 Å². The summed E-state index contributed by atoms with van der Waals surface area (Å²) >= 11 is 2.59. The smallest absolute Gasteiger partial charge is 0.311 e. The van der Waals surface area contributed by atoms with Crippen LogP contribution in [0.4, 0.5) is 5.69 Å². The number of nitrogens with one attached hydrogen (secondary N) is 1. The van der Waals surface area contributed by atoms with Crippen LogP contribution in [0.5, 0.6) is 11.5 Å². The molecule has 28 heavy (non-hydrogen) atoms. The number of anilines is 1. The summed E-state index contributed by atoms with van der Waals surface area (Å²) in [5.74, 6) is 0.530. The molecule has 2 radical (unpaired) electrons. The van der Waals surface area contributed by atoms with Gasteiger partial charge in [-0.25, -0.2) is 0 Å². The zero-order valence-electron chi connectivity index (χ0n) is 14.8. The average molecular weight is 385 g/mol. The molecule has 0 saturated carbocycles. The summed E-state index contributed by atoms with van der Waals surface area (Å²) in [4.78, 5) is 18.0. The summed E-state index contributed by atoms with van der Waals surface area (Å²) in [5, 5.41) is 19.9. The Hall–Kier alpha value is -3.27. The van der Waals surface area contributed by atoms with Crippen molar-refractivity contribution in [2.45, 2.75) is 6.04 Å². The molecule has 3 heterocycles. The number of para-hydroxylation sites is 2. The molecule has 2 bridgehead atoms. The minimum atomic E-state index is -0.147. The Morgan fingerprint density at radius 1 is 0.964 bits per heavy atom. The highest BCUT2D eigenvalue weighted by Crippen LogP contribution is 2.49. The number of benzene rings is 2. The van der Waals surface area contributed by atoms with Crippen LogP contribution < -0.4 is 9.31 Å². The summed E-state index contributed by atoms with van der Waals surface area (Å²) < 4.78 is 1.89. The first kappa shape index (κ1) is 18.1. The predicted octanol–water partition coefficient (Wildman–Crippen LogP) is 3.01. The number of aromatic nitrogens is 2. The summed E-state index contributed by atoms with van der Waals surface area (Å²) in [7, 11) is 0. The number of fused-ring (bicyclic) bond motifs is 3. The minimum Gasteiger partial charge on any atom is -0.508 e. The molecule has 4 aromatic rings. The molecular formula is C21H16AlN3O3. The lowest BCUT2D eigenvalue weighted by molar-refractivity contribution is 0.463. The van der Waals surface area contributed by atoms with Gasteiger partial charge in [0.2, 0.25) is 5.43 Å². The van der Waals surface area contributed by atoms with E-state index in [2.05, 4.69) is 26.5 Å². The predicted molar refractivity (Wildman–Crippen MR) is 109 cm³/mol. The lowest BCUT2D eigenvalue weighted by Crippen LogP contribution is -2.21. The average Bonchev–Trinajstić information content (AvgIpc) is 2.84. The van der Waals surface area contributed by atoms with Crippen molar-refractivity contribution < 1.29 is 10.2 Å². The van der Waals surface area contributed by atoms with E-state index in [1.54, 1.807) is 30.6 Å².